The third-order valence-corrected chi connectivity index (χ3v) is 5.23. The second-order valence-electron chi connectivity index (χ2n) is 6.33. The van der Waals surface area contributed by atoms with E-state index < -0.39 is 40.9 Å². The Hall–Kier alpha value is -3.34. The molecule has 0 bridgehead atoms. The molecule has 1 aromatic heterocycles. The van der Waals surface area contributed by atoms with E-state index >= 15 is 0 Å². The topological polar surface area (TPSA) is 72.2 Å². The maximum atomic E-state index is 13.0. The van der Waals surface area contributed by atoms with Gasteiger partial charge in [0.2, 0.25) is 0 Å². The van der Waals surface area contributed by atoms with Crippen molar-refractivity contribution in [3.05, 3.63) is 76.9 Å². The zero-order valence-electron chi connectivity index (χ0n) is 15.3. The van der Waals surface area contributed by atoms with Crippen molar-refractivity contribution in [2.45, 2.75) is 12.4 Å². The van der Waals surface area contributed by atoms with Crippen LogP contribution in [0.5, 0.6) is 0 Å². The molecule has 4 nitrogen and oxygen atoms in total. The van der Waals surface area contributed by atoms with E-state index in [1.165, 1.54) is 6.07 Å². The Morgan fingerprint density at radius 3 is 1.87 bits per heavy atom. The SMILES string of the molecule is NC(=O)c1cc(-c2ccccc2)sc1NC(=O)c1cc(C(F)(F)F)cc(C(F)(F)F)c1. The average molecular weight is 458 g/mol. The van der Waals surface area contributed by atoms with Crippen molar-refractivity contribution in [3.8, 4) is 10.4 Å². The number of hydrogen-bond donors (Lipinski definition) is 2. The molecule has 3 rings (SSSR count). The minimum atomic E-state index is -5.10. The van der Waals surface area contributed by atoms with Gasteiger partial charge in [0, 0.05) is 10.4 Å². The first kappa shape index (κ1) is 22.3. The number of anilines is 1. The molecule has 3 aromatic rings. The Morgan fingerprint density at radius 1 is 0.839 bits per heavy atom. The number of hydrogen-bond acceptors (Lipinski definition) is 3. The van der Waals surface area contributed by atoms with Crippen LogP contribution in [0.4, 0.5) is 31.3 Å². The normalized spacial score (nSPS) is 11.9. The first-order chi connectivity index (χ1) is 14.4. The largest absolute Gasteiger partial charge is 0.416 e. The van der Waals surface area contributed by atoms with E-state index in [1.807, 2.05) is 0 Å². The number of amides is 2. The summed E-state index contributed by atoms with van der Waals surface area (Å²) in [6.45, 7) is 0. The van der Waals surface area contributed by atoms with Gasteiger partial charge in [-0.1, -0.05) is 30.3 Å². The zero-order valence-corrected chi connectivity index (χ0v) is 16.1. The van der Waals surface area contributed by atoms with Gasteiger partial charge in [0.05, 0.1) is 16.7 Å². The van der Waals surface area contributed by atoms with Gasteiger partial charge in [0.15, 0.2) is 0 Å². The van der Waals surface area contributed by atoms with Gasteiger partial charge in [0.25, 0.3) is 11.8 Å². The maximum Gasteiger partial charge on any atom is 0.416 e. The van der Waals surface area contributed by atoms with E-state index in [9.17, 15) is 35.9 Å². The molecule has 0 unspecified atom stereocenters. The van der Waals surface area contributed by atoms with Gasteiger partial charge < -0.3 is 11.1 Å². The van der Waals surface area contributed by atoms with Gasteiger partial charge in [-0.15, -0.1) is 11.3 Å². The molecular formula is C20H12F6N2O2S. The molecule has 0 spiro atoms. The summed E-state index contributed by atoms with van der Waals surface area (Å²) in [6.07, 6.45) is -10.2. The summed E-state index contributed by atoms with van der Waals surface area (Å²) in [5.74, 6) is -2.17. The molecule has 0 saturated heterocycles. The molecule has 0 aliphatic rings. The summed E-state index contributed by atoms with van der Waals surface area (Å²) in [4.78, 5) is 24.8. The first-order valence-electron chi connectivity index (χ1n) is 8.46. The van der Waals surface area contributed by atoms with Crippen LogP contribution in [-0.2, 0) is 12.4 Å². The van der Waals surface area contributed by atoms with E-state index in [0.29, 0.717) is 22.6 Å². The van der Waals surface area contributed by atoms with Gasteiger partial charge in [-0.25, -0.2) is 0 Å². The van der Waals surface area contributed by atoms with Crippen LogP contribution in [0.1, 0.15) is 31.8 Å². The minimum absolute atomic E-state index is 0.0791. The van der Waals surface area contributed by atoms with Crippen LogP contribution < -0.4 is 11.1 Å². The molecule has 0 radical (unpaired) electrons. The predicted octanol–water partition coefficient (Wildman–Crippen LogP) is 5.80. The highest BCUT2D eigenvalue weighted by atomic mass is 32.1. The highest BCUT2D eigenvalue weighted by Gasteiger charge is 2.37. The zero-order chi connectivity index (χ0) is 23.0. The Balaban J connectivity index is 2.01. The van der Waals surface area contributed by atoms with Crippen molar-refractivity contribution in [1.82, 2.24) is 0 Å². The number of thiophene rings is 1. The monoisotopic (exact) mass is 458 g/mol. The highest BCUT2D eigenvalue weighted by molar-refractivity contribution is 7.20. The van der Waals surface area contributed by atoms with Gasteiger partial charge in [0.1, 0.15) is 5.00 Å². The van der Waals surface area contributed by atoms with E-state index in [1.54, 1.807) is 30.3 Å². The average Bonchev–Trinajstić information content (AvgIpc) is 3.11. The Morgan fingerprint density at radius 2 is 1.39 bits per heavy atom. The third kappa shape index (κ3) is 5.05. The van der Waals surface area contributed by atoms with Crippen LogP contribution in [0.25, 0.3) is 10.4 Å². The van der Waals surface area contributed by atoms with Crippen LogP contribution in [0, 0.1) is 0 Å². The fraction of sp³-hybridized carbons (Fsp3) is 0.100. The van der Waals surface area contributed by atoms with E-state index in [0.717, 1.165) is 11.3 Å². The molecular weight excluding hydrogens is 446 g/mol. The van der Waals surface area contributed by atoms with Crippen molar-refractivity contribution in [1.29, 1.82) is 0 Å². The summed E-state index contributed by atoms with van der Waals surface area (Å²) >= 11 is 0.906. The van der Waals surface area contributed by atoms with E-state index in [-0.39, 0.29) is 16.6 Å². The van der Waals surface area contributed by atoms with Crippen molar-refractivity contribution < 1.29 is 35.9 Å². The second kappa shape index (κ2) is 8.06. The van der Waals surface area contributed by atoms with Crippen molar-refractivity contribution in [2.75, 3.05) is 5.32 Å². The van der Waals surface area contributed by atoms with E-state index in [4.69, 9.17) is 5.73 Å². The lowest BCUT2D eigenvalue weighted by Gasteiger charge is -2.14. The lowest BCUT2D eigenvalue weighted by molar-refractivity contribution is -0.143. The fourth-order valence-electron chi connectivity index (χ4n) is 2.67. The summed E-state index contributed by atoms with van der Waals surface area (Å²) in [5.41, 5.74) is 1.73. The summed E-state index contributed by atoms with van der Waals surface area (Å²) in [5, 5.41) is 2.10. The van der Waals surface area contributed by atoms with Crippen LogP contribution in [0.2, 0.25) is 0 Å². The molecule has 1 heterocycles. The second-order valence-corrected chi connectivity index (χ2v) is 7.38. The number of alkyl halides is 6. The molecule has 3 N–H and O–H groups in total. The predicted molar refractivity (Wildman–Crippen MR) is 103 cm³/mol. The maximum absolute atomic E-state index is 13.0. The molecule has 2 amide bonds. The van der Waals surface area contributed by atoms with Gasteiger partial charge in [-0.2, -0.15) is 26.3 Å². The molecule has 0 aliphatic carbocycles. The number of primary amides is 1. The van der Waals surface area contributed by atoms with Crippen molar-refractivity contribution in [3.63, 3.8) is 0 Å². The molecule has 0 atom stereocenters. The lowest BCUT2D eigenvalue weighted by Crippen LogP contribution is -2.19. The molecule has 2 aromatic carbocycles. The Labute approximate surface area is 175 Å². The smallest absolute Gasteiger partial charge is 0.366 e. The summed E-state index contributed by atoms with van der Waals surface area (Å²) < 4.78 is 78.2. The van der Waals surface area contributed by atoms with Gasteiger partial charge in [-0.05, 0) is 29.8 Å². The minimum Gasteiger partial charge on any atom is -0.366 e. The molecule has 162 valence electrons. The molecule has 0 aliphatic heterocycles. The van der Waals surface area contributed by atoms with Gasteiger partial charge >= 0.3 is 12.4 Å². The first-order valence-corrected chi connectivity index (χ1v) is 9.28. The quantitative estimate of drug-likeness (QED) is 0.485. The number of carbonyl (C=O) groups is 2. The van der Waals surface area contributed by atoms with Crippen LogP contribution in [0.3, 0.4) is 0 Å². The molecule has 0 fully saturated rings. The Kier molecular flexibility index (Phi) is 5.81. The van der Waals surface area contributed by atoms with Crippen LogP contribution in [-0.4, -0.2) is 11.8 Å². The number of nitrogens with two attached hydrogens (primary N) is 1. The number of benzene rings is 2. The van der Waals surface area contributed by atoms with Crippen LogP contribution in [0.15, 0.2) is 54.6 Å². The van der Waals surface area contributed by atoms with Crippen molar-refractivity contribution >= 4 is 28.2 Å². The molecule has 31 heavy (non-hydrogen) atoms. The van der Waals surface area contributed by atoms with Gasteiger partial charge in [-0.3, -0.25) is 9.59 Å². The third-order valence-electron chi connectivity index (χ3n) is 4.13. The number of halogens is 6. The number of carbonyl (C=O) groups excluding carboxylic acids is 2. The summed E-state index contributed by atoms with van der Waals surface area (Å²) in [7, 11) is 0. The molecule has 11 heteroatoms. The van der Waals surface area contributed by atoms with Crippen LogP contribution >= 0.6 is 11.3 Å². The highest BCUT2D eigenvalue weighted by Crippen LogP contribution is 2.38. The fourth-order valence-corrected chi connectivity index (χ4v) is 3.74. The summed E-state index contributed by atoms with van der Waals surface area (Å²) in [6, 6.07) is 10.5. The van der Waals surface area contributed by atoms with E-state index in [2.05, 4.69) is 5.32 Å². The van der Waals surface area contributed by atoms with Crippen molar-refractivity contribution in [2.24, 2.45) is 5.73 Å². The lowest BCUT2D eigenvalue weighted by atomic mass is 10.0. The number of rotatable bonds is 4. The Bertz CT molecular complexity index is 1100. The molecule has 0 saturated carbocycles. The standard InChI is InChI=1S/C20H12F6N2O2S/c21-19(22,23)12-6-11(7-13(8-12)20(24,25)26)17(30)28-18-14(16(27)29)9-15(31-18)10-4-2-1-3-5-10/h1-9H,(H2,27,29)(H,28,30). The number of nitrogens with one attached hydrogen (secondary N) is 1.